The highest BCUT2D eigenvalue weighted by Crippen LogP contribution is 2.69. The second-order valence-corrected chi connectivity index (χ2v) is 10.6. The van der Waals surface area contributed by atoms with Crippen molar-refractivity contribution < 1.29 is 10.2 Å². The molecule has 0 aromatic rings. The summed E-state index contributed by atoms with van der Waals surface area (Å²) >= 11 is 0. The molecule has 2 nitrogen and oxygen atoms in total. The second-order valence-electron chi connectivity index (χ2n) is 10.6. The Morgan fingerprint density at radius 2 is 1.81 bits per heavy atom. The van der Waals surface area contributed by atoms with E-state index in [1.54, 1.807) is 0 Å². The first-order chi connectivity index (χ1) is 12.3. The van der Waals surface area contributed by atoms with Crippen LogP contribution in [0.5, 0.6) is 0 Å². The molecule has 0 bridgehead atoms. The van der Waals surface area contributed by atoms with Crippen LogP contribution in [0.15, 0.2) is 11.6 Å². The molecule has 9 atom stereocenters. The van der Waals surface area contributed by atoms with Crippen LogP contribution in [0.4, 0.5) is 0 Å². The van der Waals surface area contributed by atoms with E-state index in [9.17, 15) is 10.2 Å². The monoisotopic (exact) mass is 360 g/mol. The van der Waals surface area contributed by atoms with Crippen LogP contribution in [0.3, 0.4) is 0 Å². The number of hydrogen-bond donors (Lipinski definition) is 2. The molecule has 0 saturated heterocycles. The zero-order valence-electron chi connectivity index (χ0n) is 17.4. The summed E-state index contributed by atoms with van der Waals surface area (Å²) in [6.45, 7) is 9.10. The third-order valence-electron chi connectivity index (χ3n) is 10.0. The van der Waals surface area contributed by atoms with Crippen molar-refractivity contribution in [2.45, 2.75) is 97.7 Å². The van der Waals surface area contributed by atoms with Crippen LogP contribution in [0, 0.1) is 40.4 Å². The highest BCUT2D eigenvalue weighted by molar-refractivity contribution is 5.19. The van der Waals surface area contributed by atoms with Crippen LogP contribution < -0.4 is 0 Å². The summed E-state index contributed by atoms with van der Waals surface area (Å²) in [5.74, 6) is 3.61. The van der Waals surface area contributed by atoms with Crippen LogP contribution in [0.1, 0.15) is 85.5 Å². The number of aliphatic hydroxyl groups excluding tert-OH is 2. The Morgan fingerprint density at radius 1 is 1.04 bits per heavy atom. The van der Waals surface area contributed by atoms with Gasteiger partial charge in [-0.3, -0.25) is 0 Å². The lowest BCUT2D eigenvalue weighted by molar-refractivity contribution is -0.152. The Bertz CT molecular complexity index is 567. The molecule has 0 amide bonds. The summed E-state index contributed by atoms with van der Waals surface area (Å²) < 4.78 is 0. The minimum absolute atomic E-state index is 0.0574. The molecule has 26 heavy (non-hydrogen) atoms. The van der Waals surface area contributed by atoms with Crippen molar-refractivity contribution in [3.05, 3.63) is 11.6 Å². The zero-order chi connectivity index (χ0) is 18.7. The number of hydrogen-bond acceptors (Lipinski definition) is 2. The number of aliphatic hydroxyl groups is 2. The van der Waals surface area contributed by atoms with Crippen molar-refractivity contribution in [2.24, 2.45) is 40.4 Å². The molecule has 1 unspecified atom stereocenters. The third-order valence-corrected chi connectivity index (χ3v) is 10.0. The summed E-state index contributed by atoms with van der Waals surface area (Å²) in [4.78, 5) is 0. The quantitative estimate of drug-likeness (QED) is 0.653. The fraction of sp³-hybridized carbons (Fsp3) is 0.917. The first kappa shape index (κ1) is 19.0. The van der Waals surface area contributed by atoms with E-state index < -0.39 is 0 Å². The van der Waals surface area contributed by atoms with Crippen LogP contribution >= 0.6 is 0 Å². The highest BCUT2D eigenvalue weighted by atomic mass is 16.3. The van der Waals surface area contributed by atoms with Gasteiger partial charge in [-0.05, 0) is 114 Å². The Morgan fingerprint density at radius 3 is 2.50 bits per heavy atom. The SMILES string of the molecule is C/C=C(/C)[C@H]1CC[C@H]2[C@@H]3CC[C@H]4C[C@H](O)CC[C@]4(C)[C@H]3CCC12[C@H](C)O. The van der Waals surface area contributed by atoms with Gasteiger partial charge in [0.25, 0.3) is 0 Å². The fourth-order valence-electron chi connectivity index (χ4n) is 8.62. The smallest absolute Gasteiger partial charge is 0.0576 e. The van der Waals surface area contributed by atoms with Crippen LogP contribution in [-0.2, 0) is 0 Å². The van der Waals surface area contributed by atoms with Gasteiger partial charge in [0.05, 0.1) is 12.2 Å². The van der Waals surface area contributed by atoms with E-state index >= 15 is 0 Å². The Hall–Kier alpha value is -0.340. The topological polar surface area (TPSA) is 40.5 Å². The lowest BCUT2D eigenvalue weighted by Gasteiger charge is -2.62. The van der Waals surface area contributed by atoms with Gasteiger partial charge in [-0.2, -0.15) is 0 Å². The van der Waals surface area contributed by atoms with E-state index in [1.165, 1.54) is 50.5 Å². The maximum absolute atomic E-state index is 11.0. The number of allylic oxidation sites excluding steroid dienone is 2. The maximum Gasteiger partial charge on any atom is 0.0576 e. The predicted octanol–water partition coefficient (Wildman–Crippen LogP) is 5.33. The fourth-order valence-corrected chi connectivity index (χ4v) is 8.62. The molecule has 0 radical (unpaired) electrons. The zero-order valence-corrected chi connectivity index (χ0v) is 17.4. The first-order valence-electron chi connectivity index (χ1n) is 11.3. The van der Waals surface area contributed by atoms with E-state index in [1.807, 2.05) is 0 Å². The minimum Gasteiger partial charge on any atom is -0.393 e. The van der Waals surface area contributed by atoms with Crippen LogP contribution in [0.2, 0.25) is 0 Å². The Kier molecular flexibility index (Phi) is 4.84. The summed E-state index contributed by atoms with van der Waals surface area (Å²) in [6, 6.07) is 0. The molecule has 4 aliphatic carbocycles. The number of rotatable bonds is 2. The summed E-state index contributed by atoms with van der Waals surface area (Å²) in [5.41, 5.74) is 2.06. The van der Waals surface area contributed by atoms with Gasteiger partial charge >= 0.3 is 0 Å². The molecule has 4 aliphatic rings. The van der Waals surface area contributed by atoms with Crippen molar-refractivity contribution in [3.63, 3.8) is 0 Å². The first-order valence-corrected chi connectivity index (χ1v) is 11.3. The van der Waals surface area contributed by atoms with Crippen molar-refractivity contribution >= 4 is 0 Å². The van der Waals surface area contributed by atoms with Gasteiger partial charge in [0, 0.05) is 5.41 Å². The maximum atomic E-state index is 11.0. The van der Waals surface area contributed by atoms with E-state index in [0.717, 1.165) is 30.6 Å². The summed E-state index contributed by atoms with van der Waals surface area (Å²) in [6.07, 6.45) is 13.0. The average molecular weight is 361 g/mol. The largest absolute Gasteiger partial charge is 0.393 e. The predicted molar refractivity (Wildman–Crippen MR) is 107 cm³/mol. The third kappa shape index (κ3) is 2.50. The normalized spacial score (nSPS) is 52.8. The van der Waals surface area contributed by atoms with Crippen LogP contribution in [-0.4, -0.2) is 22.4 Å². The van der Waals surface area contributed by atoms with Gasteiger partial charge in [0.1, 0.15) is 0 Å². The average Bonchev–Trinajstić information content (AvgIpc) is 3.02. The molecule has 0 spiro atoms. The molecule has 0 aliphatic heterocycles. The molecule has 2 heteroatoms. The molecule has 0 aromatic carbocycles. The van der Waals surface area contributed by atoms with E-state index in [-0.39, 0.29) is 17.6 Å². The van der Waals surface area contributed by atoms with Crippen molar-refractivity contribution in [1.82, 2.24) is 0 Å². The van der Waals surface area contributed by atoms with Crippen molar-refractivity contribution in [2.75, 3.05) is 0 Å². The lowest BCUT2D eigenvalue weighted by Crippen LogP contribution is -2.56. The Balaban J connectivity index is 1.66. The van der Waals surface area contributed by atoms with Gasteiger partial charge in [0.2, 0.25) is 0 Å². The minimum atomic E-state index is -0.199. The van der Waals surface area contributed by atoms with Crippen LogP contribution in [0.25, 0.3) is 0 Å². The van der Waals surface area contributed by atoms with E-state index in [2.05, 4.69) is 33.8 Å². The molecule has 4 fully saturated rings. The van der Waals surface area contributed by atoms with E-state index in [4.69, 9.17) is 0 Å². The van der Waals surface area contributed by atoms with Gasteiger partial charge in [0.15, 0.2) is 0 Å². The number of fused-ring (bicyclic) bond motifs is 5. The second kappa shape index (κ2) is 6.62. The van der Waals surface area contributed by atoms with E-state index in [0.29, 0.717) is 17.3 Å². The highest BCUT2D eigenvalue weighted by Gasteiger charge is 2.63. The van der Waals surface area contributed by atoms with Gasteiger partial charge in [-0.15, -0.1) is 0 Å². The van der Waals surface area contributed by atoms with Crippen molar-refractivity contribution in [3.8, 4) is 0 Å². The standard InChI is InChI=1S/C24H40O2/c1-5-15(2)20-8-9-22-19-7-6-17-14-18(26)10-12-23(17,4)21(19)11-13-24(20,22)16(3)25/h5,16-22,25-26H,6-14H2,1-4H3/b15-5-/t16-,17-,18+,19+,20+,21-,22-,23-,24?/m0/s1. The van der Waals surface area contributed by atoms with Gasteiger partial charge in [-0.1, -0.05) is 18.6 Å². The summed E-state index contributed by atoms with van der Waals surface area (Å²) in [7, 11) is 0. The Labute approximate surface area is 160 Å². The molecule has 148 valence electrons. The van der Waals surface area contributed by atoms with Gasteiger partial charge in [-0.25, -0.2) is 0 Å². The molecule has 0 aromatic heterocycles. The lowest BCUT2D eigenvalue weighted by atomic mass is 9.43. The molecule has 0 heterocycles. The summed E-state index contributed by atoms with van der Waals surface area (Å²) in [5, 5.41) is 21.2. The van der Waals surface area contributed by atoms with Gasteiger partial charge < -0.3 is 10.2 Å². The molecular formula is C24H40O2. The molecule has 2 N–H and O–H groups in total. The molecule has 4 saturated carbocycles. The molecule has 4 rings (SSSR count). The molecular weight excluding hydrogens is 320 g/mol. The van der Waals surface area contributed by atoms with Crippen molar-refractivity contribution in [1.29, 1.82) is 0 Å².